The van der Waals surface area contributed by atoms with Crippen LogP contribution in [-0.4, -0.2) is 20.2 Å². The number of tetrazole rings is 1. The van der Waals surface area contributed by atoms with Crippen LogP contribution < -0.4 is 5.73 Å². The van der Waals surface area contributed by atoms with Gasteiger partial charge in [0.2, 0.25) is 0 Å². The zero-order valence-electron chi connectivity index (χ0n) is 11.0. The highest BCUT2D eigenvalue weighted by Gasteiger charge is 2.32. The van der Waals surface area contributed by atoms with Gasteiger partial charge in [0.15, 0.2) is 5.82 Å². The van der Waals surface area contributed by atoms with Crippen molar-refractivity contribution in [1.29, 1.82) is 0 Å². The number of aromatic nitrogens is 4. The molecule has 1 aromatic heterocycles. The molecule has 1 unspecified atom stereocenters. The SMILES string of the molecule is Cc1cc(N)cc(-c2nnnn2C(C)C2CC2)c1F. The molecule has 0 saturated heterocycles. The summed E-state index contributed by atoms with van der Waals surface area (Å²) in [6.07, 6.45) is 2.36. The van der Waals surface area contributed by atoms with E-state index in [2.05, 4.69) is 22.4 Å². The summed E-state index contributed by atoms with van der Waals surface area (Å²) in [5, 5.41) is 11.7. The Morgan fingerprint density at radius 2 is 2.16 bits per heavy atom. The van der Waals surface area contributed by atoms with Crippen LogP contribution in [0.1, 0.15) is 31.4 Å². The molecular formula is C13H16FN5. The average molecular weight is 261 g/mol. The van der Waals surface area contributed by atoms with Gasteiger partial charge in [-0.15, -0.1) is 5.10 Å². The highest BCUT2D eigenvalue weighted by molar-refractivity contribution is 5.63. The van der Waals surface area contributed by atoms with E-state index in [1.807, 2.05) is 0 Å². The normalized spacial score (nSPS) is 16.6. The second kappa shape index (κ2) is 4.29. The zero-order chi connectivity index (χ0) is 13.6. The molecule has 19 heavy (non-hydrogen) atoms. The first-order chi connectivity index (χ1) is 9.08. The topological polar surface area (TPSA) is 69.6 Å². The molecule has 0 radical (unpaired) electrons. The Bertz CT molecular complexity index is 617. The van der Waals surface area contributed by atoms with Crippen molar-refractivity contribution in [2.75, 3.05) is 5.73 Å². The molecule has 2 aromatic rings. The van der Waals surface area contributed by atoms with Crippen molar-refractivity contribution in [3.8, 4) is 11.4 Å². The number of nitrogens with zero attached hydrogens (tertiary/aromatic N) is 4. The maximum Gasteiger partial charge on any atom is 0.185 e. The van der Waals surface area contributed by atoms with E-state index in [0.29, 0.717) is 28.6 Å². The number of hydrogen-bond donors (Lipinski definition) is 1. The molecule has 1 aliphatic carbocycles. The van der Waals surface area contributed by atoms with Gasteiger partial charge in [0.1, 0.15) is 5.82 Å². The van der Waals surface area contributed by atoms with E-state index in [1.54, 1.807) is 23.7 Å². The first kappa shape index (κ1) is 12.1. The minimum Gasteiger partial charge on any atom is -0.399 e. The van der Waals surface area contributed by atoms with Crippen molar-refractivity contribution >= 4 is 5.69 Å². The van der Waals surface area contributed by atoms with Crippen LogP contribution >= 0.6 is 0 Å². The fourth-order valence-corrected chi connectivity index (χ4v) is 2.38. The third-order valence-electron chi connectivity index (χ3n) is 3.70. The van der Waals surface area contributed by atoms with Crippen molar-refractivity contribution < 1.29 is 4.39 Å². The molecule has 1 saturated carbocycles. The summed E-state index contributed by atoms with van der Waals surface area (Å²) in [6, 6.07) is 3.38. The maximum absolute atomic E-state index is 14.2. The van der Waals surface area contributed by atoms with Gasteiger partial charge >= 0.3 is 0 Å². The van der Waals surface area contributed by atoms with Crippen LogP contribution in [0.15, 0.2) is 12.1 Å². The summed E-state index contributed by atoms with van der Waals surface area (Å²) in [6.45, 7) is 3.75. The number of benzene rings is 1. The van der Waals surface area contributed by atoms with Crippen molar-refractivity contribution in [1.82, 2.24) is 20.2 Å². The molecule has 1 aromatic carbocycles. The smallest absolute Gasteiger partial charge is 0.185 e. The fourth-order valence-electron chi connectivity index (χ4n) is 2.38. The quantitative estimate of drug-likeness (QED) is 0.861. The lowest BCUT2D eigenvalue weighted by atomic mass is 10.1. The Labute approximate surface area is 110 Å². The zero-order valence-corrected chi connectivity index (χ0v) is 11.0. The van der Waals surface area contributed by atoms with Crippen LogP contribution in [0, 0.1) is 18.7 Å². The number of aryl methyl sites for hydroxylation is 1. The van der Waals surface area contributed by atoms with Crippen molar-refractivity contribution in [2.45, 2.75) is 32.7 Å². The van der Waals surface area contributed by atoms with Gasteiger partial charge in [0.25, 0.3) is 0 Å². The predicted octanol–water partition coefficient (Wildman–Crippen LogP) is 2.34. The van der Waals surface area contributed by atoms with E-state index in [9.17, 15) is 4.39 Å². The molecule has 1 aliphatic rings. The maximum atomic E-state index is 14.2. The summed E-state index contributed by atoms with van der Waals surface area (Å²) in [5.41, 5.74) is 7.18. The van der Waals surface area contributed by atoms with Crippen LogP contribution in [0.25, 0.3) is 11.4 Å². The van der Waals surface area contributed by atoms with Gasteiger partial charge < -0.3 is 5.73 Å². The lowest BCUT2D eigenvalue weighted by Crippen LogP contribution is -2.11. The molecule has 1 atom stereocenters. The molecule has 2 N–H and O–H groups in total. The second-order valence-corrected chi connectivity index (χ2v) is 5.22. The number of nitrogen functional groups attached to an aromatic ring is 1. The van der Waals surface area contributed by atoms with E-state index in [0.717, 1.165) is 0 Å². The molecule has 3 rings (SSSR count). The van der Waals surface area contributed by atoms with Gasteiger partial charge in [0, 0.05) is 5.69 Å². The molecule has 6 heteroatoms. The standard InChI is InChI=1S/C13H16FN5/c1-7-5-10(15)6-11(12(7)14)13-16-17-18-19(13)8(2)9-3-4-9/h5-6,8-9H,3-4,15H2,1-2H3. The van der Waals surface area contributed by atoms with Gasteiger partial charge in [-0.3, -0.25) is 0 Å². The van der Waals surface area contributed by atoms with E-state index < -0.39 is 0 Å². The van der Waals surface area contributed by atoms with Gasteiger partial charge in [-0.1, -0.05) is 0 Å². The molecule has 0 bridgehead atoms. The summed E-state index contributed by atoms with van der Waals surface area (Å²) in [7, 11) is 0. The monoisotopic (exact) mass is 261 g/mol. The van der Waals surface area contributed by atoms with Gasteiger partial charge in [0.05, 0.1) is 11.6 Å². The molecule has 100 valence electrons. The predicted molar refractivity (Wildman–Crippen MR) is 69.8 cm³/mol. The molecule has 0 spiro atoms. The average Bonchev–Trinajstić information content (AvgIpc) is 3.10. The van der Waals surface area contributed by atoms with E-state index in [-0.39, 0.29) is 11.9 Å². The Morgan fingerprint density at radius 3 is 2.84 bits per heavy atom. The molecule has 0 amide bonds. The lowest BCUT2D eigenvalue weighted by Gasteiger charge is -2.13. The van der Waals surface area contributed by atoms with E-state index >= 15 is 0 Å². The van der Waals surface area contributed by atoms with Crippen LogP contribution in [0.5, 0.6) is 0 Å². The summed E-state index contributed by atoms with van der Waals surface area (Å²) < 4.78 is 15.9. The van der Waals surface area contributed by atoms with Crippen molar-refractivity contribution in [2.24, 2.45) is 5.92 Å². The summed E-state index contributed by atoms with van der Waals surface area (Å²) in [5.74, 6) is 0.730. The number of hydrogen-bond acceptors (Lipinski definition) is 4. The minimum atomic E-state index is -0.312. The Morgan fingerprint density at radius 1 is 1.42 bits per heavy atom. The van der Waals surface area contributed by atoms with Gasteiger partial charge in [-0.25, -0.2) is 9.07 Å². The molecule has 0 aliphatic heterocycles. The second-order valence-electron chi connectivity index (χ2n) is 5.22. The lowest BCUT2D eigenvalue weighted by molar-refractivity contribution is 0.432. The Kier molecular flexibility index (Phi) is 2.73. The number of rotatable bonds is 3. The third-order valence-corrected chi connectivity index (χ3v) is 3.70. The molecule has 1 heterocycles. The van der Waals surface area contributed by atoms with E-state index in [4.69, 9.17) is 5.73 Å². The highest BCUT2D eigenvalue weighted by Crippen LogP contribution is 2.40. The molecule has 5 nitrogen and oxygen atoms in total. The molecular weight excluding hydrogens is 245 g/mol. The van der Waals surface area contributed by atoms with Crippen LogP contribution in [0.3, 0.4) is 0 Å². The van der Waals surface area contributed by atoms with Gasteiger partial charge in [-0.2, -0.15) is 0 Å². The van der Waals surface area contributed by atoms with Crippen LogP contribution in [-0.2, 0) is 0 Å². The fraction of sp³-hybridized carbons (Fsp3) is 0.462. The van der Waals surface area contributed by atoms with Crippen LogP contribution in [0.2, 0.25) is 0 Å². The van der Waals surface area contributed by atoms with Crippen molar-refractivity contribution in [3.05, 3.63) is 23.5 Å². The third kappa shape index (κ3) is 2.07. The Balaban J connectivity index is 2.10. The molecule has 1 fully saturated rings. The van der Waals surface area contributed by atoms with Crippen molar-refractivity contribution in [3.63, 3.8) is 0 Å². The number of anilines is 1. The van der Waals surface area contributed by atoms with E-state index in [1.165, 1.54) is 12.8 Å². The Hall–Kier alpha value is -1.98. The largest absolute Gasteiger partial charge is 0.399 e. The van der Waals surface area contributed by atoms with Gasteiger partial charge in [-0.05, 0) is 60.7 Å². The number of nitrogens with two attached hydrogens (primary N) is 1. The van der Waals surface area contributed by atoms with Crippen LogP contribution in [0.4, 0.5) is 10.1 Å². The summed E-state index contributed by atoms with van der Waals surface area (Å²) >= 11 is 0. The number of halogens is 1. The first-order valence-electron chi connectivity index (χ1n) is 6.41. The highest BCUT2D eigenvalue weighted by atomic mass is 19.1. The summed E-state index contributed by atoms with van der Waals surface area (Å²) in [4.78, 5) is 0. The minimum absolute atomic E-state index is 0.186. The first-order valence-corrected chi connectivity index (χ1v) is 6.41.